The van der Waals surface area contributed by atoms with Crippen molar-refractivity contribution >= 4 is 56.6 Å². The van der Waals surface area contributed by atoms with Gasteiger partial charge in [0.15, 0.2) is 0 Å². The molecule has 0 N–H and O–H groups in total. The van der Waals surface area contributed by atoms with Crippen molar-refractivity contribution in [3.8, 4) is 22.3 Å². The normalized spacial score (nSPS) is 11.9. The van der Waals surface area contributed by atoms with Crippen molar-refractivity contribution in [2.75, 3.05) is 0 Å². The predicted octanol–water partition coefficient (Wildman–Crippen LogP) is 9.28. The van der Waals surface area contributed by atoms with E-state index in [-0.39, 0.29) is 35.6 Å². The Labute approximate surface area is 378 Å². The van der Waals surface area contributed by atoms with Gasteiger partial charge in [-0.3, -0.25) is 6.08 Å². The first kappa shape index (κ1) is 45.7. The zero-order valence-corrected chi connectivity index (χ0v) is 39.9. The Morgan fingerprint density at radius 2 is 0.964 bits per heavy atom. The number of benzene rings is 6. The Hall–Kier alpha value is -3.04. The number of hydrogen-bond acceptors (Lipinski definition) is 0. The van der Waals surface area contributed by atoms with Crippen molar-refractivity contribution in [1.29, 1.82) is 0 Å². The van der Waals surface area contributed by atoms with E-state index in [4.69, 9.17) is 0 Å². The SMILES string of the molecule is Brc1ccc([C](=[Zr+2])c2ccc(Br)cc2)cc1.CC(C)(C)c1cc2c(cc1-c1ccccc1)[cH-]c1cc(-c3ccccc3)c(C(C)(C)C)cc12.[C-]1=CC=CC1.[Cl-].[Cl-]. The van der Waals surface area contributed by atoms with Gasteiger partial charge in [-0.1, -0.05) is 114 Å². The van der Waals surface area contributed by atoms with Crippen LogP contribution in [0.15, 0.2) is 167 Å². The minimum absolute atomic E-state index is 0. The zero-order chi connectivity index (χ0) is 38.5. The first-order valence-corrected chi connectivity index (χ1v) is 21.3. The third kappa shape index (κ3) is 11.3. The molecule has 0 aliphatic heterocycles. The minimum Gasteiger partial charge on any atom is -1.00 e. The molecule has 7 aromatic rings. The Kier molecular flexibility index (Phi) is 16.4. The predicted molar refractivity (Wildman–Crippen MR) is 238 cm³/mol. The van der Waals surface area contributed by atoms with E-state index >= 15 is 0 Å². The average Bonchev–Trinajstić information content (AvgIpc) is 3.86. The van der Waals surface area contributed by atoms with Gasteiger partial charge in [0.2, 0.25) is 0 Å². The molecule has 0 saturated carbocycles. The molecule has 0 amide bonds. The largest absolute Gasteiger partial charge is 1.00 e. The summed E-state index contributed by atoms with van der Waals surface area (Å²) in [5.74, 6) is 0. The first-order chi connectivity index (χ1) is 25.8. The molecule has 56 heavy (non-hydrogen) atoms. The second-order valence-corrected chi connectivity index (χ2v) is 18.8. The van der Waals surface area contributed by atoms with Crippen molar-refractivity contribution in [2.24, 2.45) is 0 Å². The van der Waals surface area contributed by atoms with Crippen LogP contribution in [-0.4, -0.2) is 3.21 Å². The number of halogens is 4. The van der Waals surface area contributed by atoms with Gasteiger partial charge in [-0.2, -0.15) is 6.08 Å². The van der Waals surface area contributed by atoms with E-state index in [9.17, 15) is 0 Å². The molecular weight excluding hydrogens is 934 g/mol. The number of allylic oxidation sites excluding steroid dienone is 4. The van der Waals surface area contributed by atoms with Gasteiger partial charge in [-0.15, -0.1) is 46.2 Å². The van der Waals surface area contributed by atoms with Crippen LogP contribution in [0.5, 0.6) is 0 Å². The van der Waals surface area contributed by atoms with Crippen molar-refractivity contribution in [1.82, 2.24) is 0 Å². The molecule has 0 fully saturated rings. The van der Waals surface area contributed by atoms with Crippen molar-refractivity contribution < 1.29 is 49.0 Å². The summed E-state index contributed by atoms with van der Waals surface area (Å²) in [5.41, 5.74) is 10.8. The van der Waals surface area contributed by atoms with Gasteiger partial charge in [0.05, 0.1) is 0 Å². The van der Waals surface area contributed by atoms with Crippen molar-refractivity contribution in [3.63, 3.8) is 0 Å². The van der Waals surface area contributed by atoms with Crippen LogP contribution >= 0.6 is 31.9 Å². The first-order valence-electron chi connectivity index (χ1n) is 18.4. The summed E-state index contributed by atoms with van der Waals surface area (Å²) >= 11 is 8.34. The van der Waals surface area contributed by atoms with Crippen molar-refractivity contribution in [3.05, 3.63) is 195 Å². The third-order valence-corrected chi connectivity index (χ3v) is 12.1. The number of hydrogen-bond donors (Lipinski definition) is 0. The van der Waals surface area contributed by atoms with Gasteiger partial charge in [0.25, 0.3) is 0 Å². The van der Waals surface area contributed by atoms with E-state index in [1.165, 1.54) is 93.5 Å². The van der Waals surface area contributed by atoms with Crippen LogP contribution < -0.4 is 24.8 Å². The fraction of sp³-hybridized carbons (Fsp3) is 0.176. The topological polar surface area (TPSA) is 0 Å². The van der Waals surface area contributed by atoms with Crippen molar-refractivity contribution in [2.45, 2.75) is 58.8 Å². The second-order valence-electron chi connectivity index (χ2n) is 15.7. The number of rotatable bonds is 4. The molecule has 0 radical (unpaired) electrons. The molecular formula is C51H46Br2Cl2Zr-2. The summed E-state index contributed by atoms with van der Waals surface area (Å²) in [4.78, 5) is 0. The Bertz CT molecular complexity index is 2260. The second kappa shape index (κ2) is 20.1. The minimum atomic E-state index is 0. The maximum absolute atomic E-state index is 3.45. The smallest absolute Gasteiger partial charge is 0.0139 e. The van der Waals surface area contributed by atoms with Gasteiger partial charge in [-0.25, -0.2) is 12.2 Å². The molecule has 0 heterocycles. The fourth-order valence-electron chi connectivity index (χ4n) is 6.80. The monoisotopic (exact) mass is 976 g/mol. The average molecular weight is 981 g/mol. The summed E-state index contributed by atoms with van der Waals surface area (Å²) in [6.45, 7) is 13.9. The Morgan fingerprint density at radius 1 is 0.571 bits per heavy atom. The molecule has 1 aliphatic carbocycles. The van der Waals surface area contributed by atoms with E-state index in [1.54, 1.807) is 0 Å². The van der Waals surface area contributed by atoms with Gasteiger partial charge in [0, 0.05) is 0 Å². The van der Waals surface area contributed by atoms with E-state index in [0.29, 0.717) is 0 Å². The molecule has 0 unspecified atom stereocenters. The Morgan fingerprint density at radius 3 is 1.27 bits per heavy atom. The van der Waals surface area contributed by atoms with Gasteiger partial charge >= 0.3 is 128 Å². The Balaban J connectivity index is 0.000000252. The molecule has 0 saturated heterocycles. The molecule has 0 aromatic heterocycles. The molecule has 5 heteroatoms. The summed E-state index contributed by atoms with van der Waals surface area (Å²) in [6.07, 6.45) is 10.0. The van der Waals surface area contributed by atoms with E-state index in [0.717, 1.165) is 15.4 Å². The summed E-state index contributed by atoms with van der Waals surface area (Å²) in [6, 6.07) is 50.6. The summed E-state index contributed by atoms with van der Waals surface area (Å²) in [5, 5.41) is 5.36. The van der Waals surface area contributed by atoms with Crippen LogP contribution in [0.1, 0.15) is 70.2 Å². The summed E-state index contributed by atoms with van der Waals surface area (Å²) < 4.78 is 3.62. The number of fused-ring (bicyclic) bond motifs is 3. The quantitative estimate of drug-likeness (QED) is 0.155. The third-order valence-electron chi connectivity index (χ3n) is 9.62. The molecule has 1 aliphatic rings. The molecule has 284 valence electrons. The van der Waals surface area contributed by atoms with Gasteiger partial charge in [0.1, 0.15) is 0 Å². The van der Waals surface area contributed by atoms with Crippen LogP contribution in [0.4, 0.5) is 0 Å². The van der Waals surface area contributed by atoms with Crippen LogP contribution in [-0.2, 0) is 35.1 Å². The molecule has 0 bridgehead atoms. The maximum atomic E-state index is 3.45. The van der Waals surface area contributed by atoms with Crippen LogP contribution in [0.3, 0.4) is 0 Å². The van der Waals surface area contributed by atoms with Gasteiger partial charge in [-0.05, 0) is 44.2 Å². The fourth-order valence-corrected chi connectivity index (χ4v) is 8.15. The standard InChI is InChI=1S/C33H33.C13H8Br2.C5H5.2ClH.Zr/c1-32(2,3)30-20-26-24(18-28(30)22-13-9-7-10-14-22)17-25-19-29(23-15-11-8-12-16-23)31(21-27(25)26)33(4,5)6;14-12-5-1-10(2-6-12)9-11-3-7-13(15)8-4-11;1-2-4-5-3-1;;;/h7-21H,1-6H3;1-8H;1-3H,4H2;2*1H;/q-1;;-1;;;+2/p-2. The van der Waals surface area contributed by atoms with Gasteiger partial charge < -0.3 is 24.8 Å². The molecule has 8 rings (SSSR count). The molecule has 0 atom stereocenters. The molecule has 0 nitrogen and oxygen atoms in total. The van der Waals surface area contributed by atoms with Crippen LogP contribution in [0.25, 0.3) is 43.8 Å². The molecule has 7 aromatic carbocycles. The van der Waals surface area contributed by atoms with E-state index < -0.39 is 0 Å². The summed E-state index contributed by atoms with van der Waals surface area (Å²) in [7, 11) is 0. The van der Waals surface area contributed by atoms with E-state index in [2.05, 4.69) is 225 Å². The molecule has 0 spiro atoms. The van der Waals surface area contributed by atoms with Crippen LogP contribution in [0, 0.1) is 6.08 Å². The van der Waals surface area contributed by atoms with E-state index in [1.807, 2.05) is 12.2 Å². The maximum Gasteiger partial charge on any atom is -0.0139 e. The van der Waals surface area contributed by atoms with Crippen LogP contribution in [0.2, 0.25) is 0 Å². The zero-order valence-electron chi connectivity index (χ0n) is 32.7.